The van der Waals surface area contributed by atoms with Crippen molar-refractivity contribution in [3.05, 3.63) is 24.3 Å². The Balaban J connectivity index is 3.01. The van der Waals surface area contributed by atoms with Crippen LogP contribution in [0.4, 0.5) is 4.79 Å². The summed E-state index contributed by atoms with van der Waals surface area (Å²) in [5.74, 6) is -1.51. The molecule has 29 heavy (non-hydrogen) atoms. The lowest BCUT2D eigenvalue weighted by molar-refractivity contribution is -0.137. The zero-order chi connectivity index (χ0) is 22.0. The highest BCUT2D eigenvalue weighted by molar-refractivity contribution is 5.93. The normalized spacial score (nSPS) is 23.7. The van der Waals surface area contributed by atoms with Crippen LogP contribution < -0.4 is 21.3 Å². The SMILES string of the molecule is CNC(=O)N[C@H](C(=O)N[C@H]1/C=C/CCOC(=O)/C=C/[C@H](C(C)C)NC1=O)C(C)C. The summed E-state index contributed by atoms with van der Waals surface area (Å²) in [7, 11) is 1.46. The Morgan fingerprint density at radius 3 is 2.45 bits per heavy atom. The van der Waals surface area contributed by atoms with Gasteiger partial charge in [0.1, 0.15) is 12.1 Å². The number of esters is 1. The van der Waals surface area contributed by atoms with Crippen LogP contribution in [0.2, 0.25) is 0 Å². The first-order chi connectivity index (χ1) is 13.6. The van der Waals surface area contributed by atoms with E-state index in [1.165, 1.54) is 13.1 Å². The van der Waals surface area contributed by atoms with Crippen molar-refractivity contribution in [2.45, 2.75) is 52.2 Å². The molecule has 9 heteroatoms. The summed E-state index contributed by atoms with van der Waals surface area (Å²) in [5.41, 5.74) is 0. The van der Waals surface area contributed by atoms with Gasteiger partial charge < -0.3 is 26.0 Å². The van der Waals surface area contributed by atoms with E-state index < -0.39 is 41.9 Å². The highest BCUT2D eigenvalue weighted by Crippen LogP contribution is 2.07. The van der Waals surface area contributed by atoms with Gasteiger partial charge in [-0.15, -0.1) is 0 Å². The molecule has 4 amide bonds. The van der Waals surface area contributed by atoms with Gasteiger partial charge in [-0.3, -0.25) is 9.59 Å². The average Bonchev–Trinajstić information content (AvgIpc) is 2.65. The Hall–Kier alpha value is -2.84. The van der Waals surface area contributed by atoms with Crippen molar-refractivity contribution in [3.8, 4) is 0 Å². The molecule has 1 rings (SSSR count). The third-order valence-electron chi connectivity index (χ3n) is 4.37. The fraction of sp³-hybridized carbons (Fsp3) is 0.600. The van der Waals surface area contributed by atoms with Crippen LogP contribution in [0.3, 0.4) is 0 Å². The minimum absolute atomic E-state index is 0.0181. The van der Waals surface area contributed by atoms with Gasteiger partial charge in [0, 0.05) is 13.1 Å². The van der Waals surface area contributed by atoms with Crippen LogP contribution in [-0.2, 0) is 19.1 Å². The largest absolute Gasteiger partial charge is 0.462 e. The zero-order valence-corrected chi connectivity index (χ0v) is 17.7. The number of hydrogen-bond donors (Lipinski definition) is 4. The first-order valence-electron chi connectivity index (χ1n) is 9.76. The maximum Gasteiger partial charge on any atom is 0.330 e. The lowest BCUT2D eigenvalue weighted by atomic mass is 10.0. The molecule has 1 aliphatic heterocycles. The van der Waals surface area contributed by atoms with Crippen molar-refractivity contribution in [3.63, 3.8) is 0 Å². The summed E-state index contributed by atoms with van der Waals surface area (Å²) in [6.07, 6.45) is 6.51. The number of rotatable bonds is 5. The van der Waals surface area contributed by atoms with E-state index >= 15 is 0 Å². The fourth-order valence-electron chi connectivity index (χ4n) is 2.57. The van der Waals surface area contributed by atoms with E-state index in [9.17, 15) is 19.2 Å². The topological polar surface area (TPSA) is 126 Å². The molecule has 0 aliphatic carbocycles. The van der Waals surface area contributed by atoms with Gasteiger partial charge in [0.25, 0.3) is 0 Å². The monoisotopic (exact) mass is 408 g/mol. The van der Waals surface area contributed by atoms with E-state index in [0.717, 1.165) is 0 Å². The second-order valence-corrected chi connectivity index (χ2v) is 7.45. The van der Waals surface area contributed by atoms with Gasteiger partial charge in [-0.25, -0.2) is 9.59 Å². The number of cyclic esters (lactones) is 1. The molecule has 4 N–H and O–H groups in total. The minimum atomic E-state index is -0.931. The predicted octanol–water partition coefficient (Wildman–Crippen LogP) is 0.625. The van der Waals surface area contributed by atoms with Crippen molar-refractivity contribution in [2.24, 2.45) is 11.8 Å². The molecule has 1 aliphatic rings. The average molecular weight is 408 g/mol. The third kappa shape index (κ3) is 8.37. The van der Waals surface area contributed by atoms with Crippen LogP contribution in [-0.4, -0.2) is 55.6 Å². The molecule has 1 heterocycles. The maximum atomic E-state index is 12.8. The van der Waals surface area contributed by atoms with Gasteiger partial charge in [-0.2, -0.15) is 0 Å². The standard InChI is InChI=1S/C20H32N4O5/c1-12(2)14-9-10-16(25)29-11-7-6-8-15(18(26)22-14)23-19(27)17(13(3)4)24-20(28)21-5/h6,8-10,12-15,17H,7,11H2,1-5H3,(H,22,26)(H,23,27)(H2,21,24,28)/b8-6+,10-9+/t14-,15+,17+/m1/s1. The quantitative estimate of drug-likeness (QED) is 0.392. The lowest BCUT2D eigenvalue weighted by Gasteiger charge is -2.26. The number of nitrogens with one attached hydrogen (secondary N) is 4. The molecule has 0 saturated carbocycles. The Morgan fingerprint density at radius 2 is 1.86 bits per heavy atom. The van der Waals surface area contributed by atoms with Crippen LogP contribution in [0.15, 0.2) is 24.3 Å². The summed E-state index contributed by atoms with van der Waals surface area (Å²) in [6, 6.07) is -2.63. The first-order valence-corrected chi connectivity index (χ1v) is 9.76. The Kier molecular flexibility index (Phi) is 9.91. The lowest BCUT2D eigenvalue weighted by Crippen LogP contribution is -2.56. The summed E-state index contributed by atoms with van der Waals surface area (Å²) >= 11 is 0. The molecule has 0 aromatic rings. The van der Waals surface area contributed by atoms with E-state index in [2.05, 4.69) is 21.3 Å². The van der Waals surface area contributed by atoms with Gasteiger partial charge >= 0.3 is 12.0 Å². The summed E-state index contributed by atoms with van der Waals surface area (Å²) in [4.78, 5) is 48.8. The van der Waals surface area contributed by atoms with Gasteiger partial charge in [0.15, 0.2) is 0 Å². The Bertz CT molecular complexity index is 657. The molecule has 0 fully saturated rings. The Labute approximate surface area is 171 Å². The second-order valence-electron chi connectivity index (χ2n) is 7.45. The van der Waals surface area contributed by atoms with Gasteiger partial charge in [-0.1, -0.05) is 45.9 Å². The van der Waals surface area contributed by atoms with Crippen LogP contribution in [0.5, 0.6) is 0 Å². The molecule has 0 spiro atoms. The number of carbonyl (C=O) groups excluding carboxylic acids is 4. The molecular formula is C20H32N4O5. The van der Waals surface area contributed by atoms with Crippen LogP contribution in [0.1, 0.15) is 34.1 Å². The van der Waals surface area contributed by atoms with Gasteiger partial charge in [-0.05, 0) is 18.3 Å². The number of ether oxygens (including phenoxy) is 1. The minimum Gasteiger partial charge on any atom is -0.462 e. The summed E-state index contributed by atoms with van der Waals surface area (Å²) in [6.45, 7) is 7.56. The molecule has 9 nitrogen and oxygen atoms in total. The van der Waals surface area contributed by atoms with Crippen LogP contribution in [0, 0.1) is 11.8 Å². The van der Waals surface area contributed by atoms with Crippen molar-refractivity contribution in [1.29, 1.82) is 0 Å². The molecule has 0 radical (unpaired) electrons. The summed E-state index contributed by atoms with van der Waals surface area (Å²) in [5, 5.41) is 10.5. The summed E-state index contributed by atoms with van der Waals surface area (Å²) < 4.78 is 5.08. The molecular weight excluding hydrogens is 376 g/mol. The van der Waals surface area contributed by atoms with E-state index in [0.29, 0.717) is 6.42 Å². The van der Waals surface area contributed by atoms with Crippen molar-refractivity contribution < 1.29 is 23.9 Å². The molecule has 162 valence electrons. The third-order valence-corrected chi connectivity index (χ3v) is 4.37. The molecule has 0 aromatic carbocycles. The van der Waals surface area contributed by atoms with Crippen LogP contribution in [0.25, 0.3) is 0 Å². The van der Waals surface area contributed by atoms with Gasteiger partial charge in [0.2, 0.25) is 11.8 Å². The molecule has 3 atom stereocenters. The molecule has 0 unspecified atom stereocenters. The molecule has 0 aromatic heterocycles. The number of carbonyl (C=O) groups is 4. The molecule has 0 saturated heterocycles. The van der Waals surface area contributed by atoms with E-state index in [-0.39, 0.29) is 18.4 Å². The number of hydrogen-bond acceptors (Lipinski definition) is 5. The fourth-order valence-corrected chi connectivity index (χ4v) is 2.57. The zero-order valence-electron chi connectivity index (χ0n) is 17.7. The number of urea groups is 1. The smallest absolute Gasteiger partial charge is 0.330 e. The second kappa shape index (κ2) is 11.9. The predicted molar refractivity (Wildman–Crippen MR) is 109 cm³/mol. The Morgan fingerprint density at radius 1 is 1.17 bits per heavy atom. The van der Waals surface area contributed by atoms with Crippen molar-refractivity contribution in [1.82, 2.24) is 21.3 Å². The van der Waals surface area contributed by atoms with E-state index in [4.69, 9.17) is 4.74 Å². The number of amides is 4. The highest BCUT2D eigenvalue weighted by atomic mass is 16.5. The highest BCUT2D eigenvalue weighted by Gasteiger charge is 2.28. The first kappa shape index (κ1) is 24.2. The maximum absolute atomic E-state index is 12.8. The van der Waals surface area contributed by atoms with E-state index in [1.54, 1.807) is 32.1 Å². The molecule has 0 bridgehead atoms. The van der Waals surface area contributed by atoms with Gasteiger partial charge in [0.05, 0.1) is 12.6 Å². The van der Waals surface area contributed by atoms with Crippen molar-refractivity contribution in [2.75, 3.05) is 13.7 Å². The van der Waals surface area contributed by atoms with Crippen LogP contribution >= 0.6 is 0 Å². The van der Waals surface area contributed by atoms with Crippen molar-refractivity contribution >= 4 is 23.8 Å². The van der Waals surface area contributed by atoms with E-state index in [1.807, 2.05) is 13.8 Å².